The van der Waals surface area contributed by atoms with Gasteiger partial charge in [-0.15, -0.1) is 0 Å². The van der Waals surface area contributed by atoms with Crippen LogP contribution in [0.15, 0.2) is 24.3 Å². The molecule has 0 radical (unpaired) electrons. The predicted octanol–water partition coefficient (Wildman–Crippen LogP) is -0.123. The van der Waals surface area contributed by atoms with E-state index >= 15 is 0 Å². The van der Waals surface area contributed by atoms with Gasteiger partial charge in [0.25, 0.3) is 0 Å². The molecular formula is C14H19N5O2. The quantitative estimate of drug-likeness (QED) is 0.849. The molecule has 2 atom stereocenters. The summed E-state index contributed by atoms with van der Waals surface area (Å²) in [4.78, 5) is 15.7. The minimum Gasteiger partial charge on any atom is -0.378 e. The van der Waals surface area contributed by atoms with Crippen molar-refractivity contribution >= 4 is 16.9 Å². The van der Waals surface area contributed by atoms with Gasteiger partial charge in [0.05, 0.1) is 12.1 Å². The number of carbonyl (C=O) groups excluding carboxylic acids is 1. The number of likely N-dealkylation sites (N-methyl/N-ethyl adjacent to an activating group) is 1. The molecule has 0 saturated carbocycles. The van der Waals surface area contributed by atoms with Crippen molar-refractivity contribution in [3.05, 3.63) is 24.3 Å². The van der Waals surface area contributed by atoms with Crippen molar-refractivity contribution in [3.8, 4) is 0 Å². The van der Waals surface area contributed by atoms with Gasteiger partial charge in [-0.25, -0.2) is 0 Å². The van der Waals surface area contributed by atoms with Gasteiger partial charge in [0, 0.05) is 20.2 Å². The minimum atomic E-state index is -0.0994. The number of hydrogen-bond acceptors (Lipinski definition) is 5. The van der Waals surface area contributed by atoms with Crippen molar-refractivity contribution in [1.82, 2.24) is 25.2 Å². The molecule has 1 fully saturated rings. The van der Waals surface area contributed by atoms with Crippen LogP contribution < -0.4 is 5.32 Å². The number of methoxy groups -OCH3 is 1. The van der Waals surface area contributed by atoms with Gasteiger partial charge < -0.3 is 15.0 Å². The maximum absolute atomic E-state index is 12.1. The number of ether oxygens (including phenoxy) is 1. The van der Waals surface area contributed by atoms with Gasteiger partial charge >= 0.3 is 0 Å². The Morgan fingerprint density at radius 1 is 1.33 bits per heavy atom. The summed E-state index contributed by atoms with van der Waals surface area (Å²) in [5.41, 5.74) is 1.58. The zero-order valence-corrected chi connectivity index (χ0v) is 12.2. The lowest BCUT2D eigenvalue weighted by Crippen LogP contribution is -2.45. The van der Waals surface area contributed by atoms with E-state index < -0.39 is 0 Å². The number of carbonyl (C=O) groups is 1. The fourth-order valence-corrected chi connectivity index (χ4v) is 2.70. The van der Waals surface area contributed by atoms with Gasteiger partial charge in [-0.2, -0.15) is 15.0 Å². The van der Waals surface area contributed by atoms with Gasteiger partial charge in [-0.3, -0.25) is 4.79 Å². The number of likely N-dealkylation sites (tertiary alicyclic amines) is 1. The molecule has 0 unspecified atom stereocenters. The summed E-state index contributed by atoms with van der Waals surface area (Å²) in [5.74, 6) is -0.0994. The Balaban J connectivity index is 1.63. The van der Waals surface area contributed by atoms with E-state index in [1.165, 1.54) is 4.80 Å². The molecule has 7 nitrogen and oxygen atoms in total. The monoisotopic (exact) mass is 289 g/mol. The molecule has 2 heterocycles. The number of benzene rings is 1. The Kier molecular flexibility index (Phi) is 3.85. The van der Waals surface area contributed by atoms with Crippen LogP contribution in [0.5, 0.6) is 0 Å². The topological polar surface area (TPSA) is 72.3 Å². The molecule has 21 heavy (non-hydrogen) atoms. The maximum Gasteiger partial charge on any atom is 0.243 e. The largest absolute Gasteiger partial charge is 0.378 e. The molecular weight excluding hydrogens is 270 g/mol. The third kappa shape index (κ3) is 3.03. The molecule has 112 valence electrons. The normalized spacial score (nSPS) is 22.8. The summed E-state index contributed by atoms with van der Waals surface area (Å²) < 4.78 is 5.40. The molecule has 1 saturated heterocycles. The van der Waals surface area contributed by atoms with Crippen molar-refractivity contribution in [2.45, 2.75) is 18.7 Å². The first-order valence-electron chi connectivity index (χ1n) is 6.96. The van der Waals surface area contributed by atoms with E-state index in [-0.39, 0.29) is 24.6 Å². The van der Waals surface area contributed by atoms with E-state index in [0.717, 1.165) is 24.1 Å². The number of fused-ring (bicyclic) bond motifs is 1. The Hall–Kier alpha value is -1.99. The van der Waals surface area contributed by atoms with Crippen LogP contribution in [0.4, 0.5) is 0 Å². The summed E-state index contributed by atoms with van der Waals surface area (Å²) in [5, 5.41) is 11.6. The van der Waals surface area contributed by atoms with Gasteiger partial charge in [-0.1, -0.05) is 12.1 Å². The van der Waals surface area contributed by atoms with Gasteiger partial charge in [-0.05, 0) is 19.2 Å². The summed E-state index contributed by atoms with van der Waals surface area (Å²) in [6, 6.07) is 7.57. The van der Waals surface area contributed by atoms with E-state index in [0.29, 0.717) is 0 Å². The Labute approximate surface area is 122 Å². The first-order chi connectivity index (χ1) is 10.2. The van der Waals surface area contributed by atoms with E-state index in [4.69, 9.17) is 4.74 Å². The van der Waals surface area contributed by atoms with Crippen LogP contribution in [-0.4, -0.2) is 65.2 Å². The third-order valence-corrected chi connectivity index (χ3v) is 3.71. The van der Waals surface area contributed by atoms with E-state index in [9.17, 15) is 4.79 Å². The lowest BCUT2D eigenvalue weighted by molar-refractivity contribution is -0.123. The molecule has 0 aliphatic carbocycles. The Bertz CT molecular complexity index is 608. The fraction of sp³-hybridized carbons (Fsp3) is 0.500. The zero-order valence-electron chi connectivity index (χ0n) is 12.2. The summed E-state index contributed by atoms with van der Waals surface area (Å²) in [6.45, 7) is 1.73. The van der Waals surface area contributed by atoms with Crippen molar-refractivity contribution in [2.24, 2.45) is 0 Å². The number of rotatable bonds is 4. The molecule has 1 amide bonds. The number of aromatic nitrogens is 3. The highest BCUT2D eigenvalue weighted by molar-refractivity contribution is 5.77. The smallest absolute Gasteiger partial charge is 0.243 e. The van der Waals surface area contributed by atoms with E-state index in [1.807, 2.05) is 31.3 Å². The number of nitrogens with zero attached hydrogens (tertiary/aromatic N) is 4. The van der Waals surface area contributed by atoms with Gasteiger partial charge in [0.2, 0.25) is 5.91 Å². The highest BCUT2D eigenvalue weighted by Crippen LogP contribution is 2.11. The average Bonchev–Trinajstić information content (AvgIpc) is 3.00. The molecule has 0 spiro atoms. The highest BCUT2D eigenvalue weighted by atomic mass is 16.5. The molecule has 1 aromatic carbocycles. The second-order valence-corrected chi connectivity index (χ2v) is 5.39. The molecule has 0 bridgehead atoms. The number of hydrogen-bond donors (Lipinski definition) is 1. The van der Waals surface area contributed by atoms with Crippen LogP contribution in [0.3, 0.4) is 0 Å². The molecule has 1 N–H and O–H groups in total. The Morgan fingerprint density at radius 2 is 2.00 bits per heavy atom. The van der Waals surface area contributed by atoms with Crippen LogP contribution in [0, 0.1) is 0 Å². The van der Waals surface area contributed by atoms with Crippen LogP contribution in [0.1, 0.15) is 0 Å². The first-order valence-corrected chi connectivity index (χ1v) is 6.96. The fourth-order valence-electron chi connectivity index (χ4n) is 2.70. The van der Waals surface area contributed by atoms with Crippen LogP contribution >= 0.6 is 0 Å². The zero-order chi connectivity index (χ0) is 14.8. The molecule has 1 aliphatic heterocycles. The second-order valence-electron chi connectivity index (χ2n) is 5.39. The number of amides is 1. The van der Waals surface area contributed by atoms with Crippen molar-refractivity contribution < 1.29 is 9.53 Å². The highest BCUT2D eigenvalue weighted by Gasteiger charge is 2.31. The van der Waals surface area contributed by atoms with Crippen LogP contribution in [0.2, 0.25) is 0 Å². The molecule has 1 aromatic heterocycles. The lowest BCUT2D eigenvalue weighted by Gasteiger charge is -2.18. The van der Waals surface area contributed by atoms with Gasteiger partial charge in [0.15, 0.2) is 0 Å². The van der Waals surface area contributed by atoms with E-state index in [1.54, 1.807) is 7.11 Å². The Morgan fingerprint density at radius 3 is 2.62 bits per heavy atom. The van der Waals surface area contributed by atoms with Crippen molar-refractivity contribution in [3.63, 3.8) is 0 Å². The number of nitrogens with one attached hydrogen (secondary N) is 1. The SMILES string of the molecule is CO[C@H]1CN(C)C[C@@H]1NC(=O)Cn1nc2ccccc2n1. The summed E-state index contributed by atoms with van der Waals surface area (Å²) in [7, 11) is 3.69. The minimum absolute atomic E-state index is 0.0116. The second kappa shape index (κ2) is 5.79. The van der Waals surface area contributed by atoms with Gasteiger partial charge in [0.1, 0.15) is 17.6 Å². The molecule has 2 aromatic rings. The van der Waals surface area contributed by atoms with Crippen molar-refractivity contribution in [1.29, 1.82) is 0 Å². The predicted molar refractivity (Wildman–Crippen MR) is 77.8 cm³/mol. The summed E-state index contributed by atoms with van der Waals surface area (Å²) >= 11 is 0. The molecule has 3 rings (SSSR count). The van der Waals surface area contributed by atoms with Crippen LogP contribution in [-0.2, 0) is 16.1 Å². The maximum atomic E-state index is 12.1. The van der Waals surface area contributed by atoms with Crippen molar-refractivity contribution in [2.75, 3.05) is 27.2 Å². The molecule has 1 aliphatic rings. The molecule has 7 heteroatoms. The third-order valence-electron chi connectivity index (χ3n) is 3.71. The first kappa shape index (κ1) is 14.0. The lowest BCUT2D eigenvalue weighted by atomic mass is 10.2. The van der Waals surface area contributed by atoms with Crippen LogP contribution in [0.25, 0.3) is 11.0 Å². The van der Waals surface area contributed by atoms with E-state index in [2.05, 4.69) is 20.4 Å². The standard InChI is InChI=1S/C14H19N5O2/c1-18-7-12(13(8-18)21-2)15-14(20)9-19-16-10-5-3-4-6-11(10)17-19/h3-6,12-13H,7-9H2,1-2H3,(H,15,20)/t12-,13-/m0/s1. The summed E-state index contributed by atoms with van der Waals surface area (Å²) in [6.07, 6.45) is 0.0311. The average molecular weight is 289 g/mol.